The topological polar surface area (TPSA) is 60.2 Å². The Hall–Kier alpha value is -0.940. The van der Waals surface area contributed by atoms with Crippen molar-refractivity contribution in [2.24, 2.45) is 0 Å². The first kappa shape index (κ1) is 10.6. The van der Waals surface area contributed by atoms with Gasteiger partial charge in [0.05, 0.1) is 0 Å². The van der Waals surface area contributed by atoms with Crippen LogP contribution in [-0.2, 0) is 11.3 Å². The Morgan fingerprint density at radius 1 is 1.60 bits per heavy atom. The van der Waals surface area contributed by atoms with Gasteiger partial charge in [-0.25, -0.2) is 0 Å². The van der Waals surface area contributed by atoms with Gasteiger partial charge in [0.15, 0.2) is 5.82 Å². The molecule has 1 atom stereocenters. The highest BCUT2D eigenvalue weighted by Gasteiger charge is 2.20. The van der Waals surface area contributed by atoms with Gasteiger partial charge >= 0.3 is 0 Å². The SMILES string of the molecule is CCOCc1nc([C@@H]2CCCNC2)no1. The summed E-state index contributed by atoms with van der Waals surface area (Å²) in [6.07, 6.45) is 2.32. The second-order valence-electron chi connectivity index (χ2n) is 3.73. The van der Waals surface area contributed by atoms with E-state index in [1.807, 2.05) is 6.92 Å². The van der Waals surface area contributed by atoms with Gasteiger partial charge in [-0.3, -0.25) is 0 Å². The number of aromatic nitrogens is 2. The lowest BCUT2D eigenvalue weighted by Crippen LogP contribution is -2.28. The van der Waals surface area contributed by atoms with Crippen LogP contribution in [0.5, 0.6) is 0 Å². The van der Waals surface area contributed by atoms with Gasteiger partial charge in [0.1, 0.15) is 6.61 Å². The molecule has 2 heterocycles. The molecule has 0 aromatic carbocycles. The maximum absolute atomic E-state index is 5.21. The molecule has 1 aliphatic rings. The third-order valence-corrected chi connectivity index (χ3v) is 2.58. The molecule has 0 amide bonds. The molecule has 1 saturated heterocycles. The molecule has 0 aliphatic carbocycles. The van der Waals surface area contributed by atoms with E-state index in [4.69, 9.17) is 9.26 Å². The minimum atomic E-state index is 0.401. The lowest BCUT2D eigenvalue weighted by atomic mass is 9.99. The quantitative estimate of drug-likeness (QED) is 0.807. The Balaban J connectivity index is 1.93. The van der Waals surface area contributed by atoms with Crippen molar-refractivity contribution in [1.82, 2.24) is 15.5 Å². The zero-order chi connectivity index (χ0) is 10.5. The zero-order valence-corrected chi connectivity index (χ0v) is 9.03. The minimum Gasteiger partial charge on any atom is -0.372 e. The summed E-state index contributed by atoms with van der Waals surface area (Å²) in [7, 11) is 0. The van der Waals surface area contributed by atoms with E-state index in [2.05, 4.69) is 15.5 Å². The highest BCUT2D eigenvalue weighted by atomic mass is 16.5. The van der Waals surface area contributed by atoms with Crippen molar-refractivity contribution >= 4 is 0 Å². The van der Waals surface area contributed by atoms with Crippen molar-refractivity contribution in [3.63, 3.8) is 0 Å². The van der Waals surface area contributed by atoms with E-state index in [0.717, 1.165) is 25.3 Å². The fraction of sp³-hybridized carbons (Fsp3) is 0.800. The molecule has 84 valence electrons. The predicted molar refractivity (Wildman–Crippen MR) is 54.5 cm³/mol. The summed E-state index contributed by atoms with van der Waals surface area (Å²) in [5.41, 5.74) is 0. The third-order valence-electron chi connectivity index (χ3n) is 2.58. The van der Waals surface area contributed by atoms with Gasteiger partial charge < -0.3 is 14.6 Å². The molecule has 1 aromatic rings. The van der Waals surface area contributed by atoms with Crippen LogP contribution in [0.4, 0.5) is 0 Å². The molecule has 1 aromatic heterocycles. The molecule has 0 spiro atoms. The van der Waals surface area contributed by atoms with Crippen LogP contribution in [0.25, 0.3) is 0 Å². The maximum Gasteiger partial charge on any atom is 0.252 e. The molecular weight excluding hydrogens is 194 g/mol. The molecular formula is C10H17N3O2. The molecule has 5 heteroatoms. The molecule has 15 heavy (non-hydrogen) atoms. The van der Waals surface area contributed by atoms with Crippen LogP contribution >= 0.6 is 0 Å². The maximum atomic E-state index is 5.21. The van der Waals surface area contributed by atoms with Crippen LogP contribution in [-0.4, -0.2) is 29.8 Å². The number of nitrogens with zero attached hydrogens (tertiary/aromatic N) is 2. The highest BCUT2D eigenvalue weighted by molar-refractivity contribution is 4.97. The third kappa shape index (κ3) is 2.76. The summed E-state index contributed by atoms with van der Waals surface area (Å²) in [5.74, 6) is 1.80. The Morgan fingerprint density at radius 2 is 2.53 bits per heavy atom. The molecule has 1 aliphatic heterocycles. The molecule has 0 bridgehead atoms. The Bertz CT molecular complexity index is 295. The van der Waals surface area contributed by atoms with Gasteiger partial charge in [-0.1, -0.05) is 5.16 Å². The average Bonchev–Trinajstić information content (AvgIpc) is 2.76. The number of piperidine rings is 1. The van der Waals surface area contributed by atoms with E-state index in [1.54, 1.807) is 0 Å². The van der Waals surface area contributed by atoms with Crippen LogP contribution in [0.15, 0.2) is 4.52 Å². The lowest BCUT2D eigenvalue weighted by molar-refractivity contribution is 0.109. The van der Waals surface area contributed by atoms with E-state index in [-0.39, 0.29) is 0 Å². The van der Waals surface area contributed by atoms with Crippen LogP contribution < -0.4 is 5.32 Å². The molecule has 1 N–H and O–H groups in total. The molecule has 0 saturated carbocycles. The van der Waals surface area contributed by atoms with Gasteiger partial charge in [-0.2, -0.15) is 4.98 Å². The van der Waals surface area contributed by atoms with Gasteiger partial charge in [-0.15, -0.1) is 0 Å². The number of ether oxygens (including phenoxy) is 1. The van der Waals surface area contributed by atoms with E-state index >= 15 is 0 Å². The van der Waals surface area contributed by atoms with Gasteiger partial charge in [0, 0.05) is 19.1 Å². The van der Waals surface area contributed by atoms with Gasteiger partial charge in [0.25, 0.3) is 5.89 Å². The number of hydrogen-bond donors (Lipinski definition) is 1. The first-order chi connectivity index (χ1) is 7.40. The smallest absolute Gasteiger partial charge is 0.252 e. The van der Waals surface area contributed by atoms with Crippen molar-refractivity contribution in [2.75, 3.05) is 19.7 Å². The van der Waals surface area contributed by atoms with E-state index in [9.17, 15) is 0 Å². The fourth-order valence-corrected chi connectivity index (χ4v) is 1.75. The van der Waals surface area contributed by atoms with E-state index < -0.39 is 0 Å². The second-order valence-corrected chi connectivity index (χ2v) is 3.73. The number of rotatable bonds is 4. The molecule has 1 fully saturated rings. The first-order valence-electron chi connectivity index (χ1n) is 5.51. The normalized spacial score (nSPS) is 21.8. The van der Waals surface area contributed by atoms with Crippen LogP contribution in [0.1, 0.15) is 37.4 Å². The van der Waals surface area contributed by atoms with Crippen molar-refractivity contribution in [1.29, 1.82) is 0 Å². The summed E-state index contributed by atoms with van der Waals surface area (Å²) in [6, 6.07) is 0. The van der Waals surface area contributed by atoms with Gasteiger partial charge in [-0.05, 0) is 26.3 Å². The van der Waals surface area contributed by atoms with E-state index in [1.165, 1.54) is 6.42 Å². The van der Waals surface area contributed by atoms with Crippen molar-refractivity contribution in [3.05, 3.63) is 11.7 Å². The number of hydrogen-bond acceptors (Lipinski definition) is 5. The summed E-state index contributed by atoms with van der Waals surface area (Å²) in [4.78, 5) is 4.33. The standard InChI is InChI=1S/C10H17N3O2/c1-2-14-7-9-12-10(13-15-9)8-4-3-5-11-6-8/h8,11H,2-7H2,1H3/t8-/m1/s1. The van der Waals surface area contributed by atoms with Crippen molar-refractivity contribution < 1.29 is 9.26 Å². The summed E-state index contributed by atoms with van der Waals surface area (Å²) < 4.78 is 10.3. The Kier molecular flexibility index (Phi) is 3.69. The van der Waals surface area contributed by atoms with Crippen LogP contribution in [0.3, 0.4) is 0 Å². The molecule has 2 rings (SSSR count). The van der Waals surface area contributed by atoms with Crippen molar-refractivity contribution in [2.45, 2.75) is 32.3 Å². The van der Waals surface area contributed by atoms with Crippen molar-refractivity contribution in [3.8, 4) is 0 Å². The second kappa shape index (κ2) is 5.23. The molecule has 5 nitrogen and oxygen atoms in total. The highest BCUT2D eigenvalue weighted by Crippen LogP contribution is 2.20. The number of nitrogens with one attached hydrogen (secondary N) is 1. The predicted octanol–water partition coefficient (Wildman–Crippen LogP) is 1.07. The van der Waals surface area contributed by atoms with Crippen LogP contribution in [0, 0.1) is 0 Å². The largest absolute Gasteiger partial charge is 0.372 e. The van der Waals surface area contributed by atoms with Crippen LogP contribution in [0.2, 0.25) is 0 Å². The average molecular weight is 211 g/mol. The zero-order valence-electron chi connectivity index (χ0n) is 9.03. The summed E-state index contributed by atoms with van der Waals surface area (Å²) >= 11 is 0. The van der Waals surface area contributed by atoms with E-state index in [0.29, 0.717) is 25.0 Å². The summed E-state index contributed by atoms with van der Waals surface area (Å²) in [5, 5.41) is 7.32. The summed E-state index contributed by atoms with van der Waals surface area (Å²) in [6.45, 7) is 5.09. The monoisotopic (exact) mass is 211 g/mol. The molecule has 0 radical (unpaired) electrons. The Labute approximate surface area is 89.2 Å². The fourth-order valence-electron chi connectivity index (χ4n) is 1.75. The molecule has 0 unspecified atom stereocenters. The Morgan fingerprint density at radius 3 is 3.27 bits per heavy atom. The lowest BCUT2D eigenvalue weighted by Gasteiger charge is -2.19. The first-order valence-corrected chi connectivity index (χ1v) is 5.51. The van der Waals surface area contributed by atoms with Gasteiger partial charge in [0.2, 0.25) is 0 Å². The minimum absolute atomic E-state index is 0.401.